The Morgan fingerprint density at radius 2 is 0.748 bits per heavy atom. The molecule has 0 aliphatic rings. The van der Waals surface area contributed by atoms with E-state index in [1.807, 2.05) is 91.5 Å². The molecule has 0 aliphatic heterocycles. The second-order valence-electron chi connectivity index (χ2n) is 28.9. The predicted octanol–water partition coefficient (Wildman–Crippen LogP) is 23.5. The first-order valence-corrected chi connectivity index (χ1v) is 35.7. The Morgan fingerprint density at radius 3 is 1.33 bits per heavy atom. The van der Waals surface area contributed by atoms with Gasteiger partial charge in [-0.1, -0.05) is 228 Å². The molecule has 0 bridgehead atoms. The maximum atomic E-state index is 6.74. The van der Waals surface area contributed by atoms with Gasteiger partial charge in [-0.25, -0.2) is 24.9 Å². The van der Waals surface area contributed by atoms with E-state index in [0.717, 1.165) is 161 Å². The number of benzene rings is 10. The van der Waals surface area contributed by atoms with Crippen LogP contribution >= 0.6 is 0 Å². The Morgan fingerprint density at radius 1 is 0.308 bits per heavy atom. The number of para-hydroxylation sites is 2. The number of hydrogen-bond acceptors (Lipinski definition) is 8. The molecule has 10 heterocycles. The average molecular weight is 1480 g/mol. The van der Waals surface area contributed by atoms with Crippen molar-refractivity contribution in [2.75, 3.05) is 0 Å². The molecule has 0 N–H and O–H groups in total. The van der Waals surface area contributed by atoms with Crippen molar-refractivity contribution >= 4 is 98.5 Å². The van der Waals surface area contributed by atoms with Crippen molar-refractivity contribution in [3.8, 4) is 79.7 Å². The van der Waals surface area contributed by atoms with E-state index in [9.17, 15) is 0 Å². The number of nitrogens with zero attached hydrogens (tertiary/aromatic N) is 10. The summed E-state index contributed by atoms with van der Waals surface area (Å²) >= 11 is 0. The largest absolute Gasteiger partial charge is 2.00 e. The predicted molar refractivity (Wildman–Crippen MR) is 430 cm³/mol. The van der Waals surface area contributed by atoms with Crippen LogP contribution in [0.25, 0.3) is 155 Å². The van der Waals surface area contributed by atoms with Crippen LogP contribution in [0, 0.1) is 12.1 Å². The third-order valence-electron chi connectivity index (χ3n) is 20.2. The molecule has 516 valence electrons. The van der Waals surface area contributed by atoms with Gasteiger partial charge in [0.15, 0.2) is 0 Å². The van der Waals surface area contributed by atoms with Crippen molar-refractivity contribution in [3.05, 3.63) is 327 Å². The Hall–Kier alpha value is -12.9. The van der Waals surface area contributed by atoms with Gasteiger partial charge in [0, 0.05) is 91.7 Å². The minimum atomic E-state index is -0.0221. The van der Waals surface area contributed by atoms with Crippen LogP contribution in [0.15, 0.2) is 304 Å². The Balaban J connectivity index is 0.000000150. The van der Waals surface area contributed by atoms with E-state index in [1.165, 1.54) is 16.5 Å². The van der Waals surface area contributed by atoms with Gasteiger partial charge in [-0.3, -0.25) is 14.0 Å². The van der Waals surface area contributed by atoms with Crippen molar-refractivity contribution in [1.82, 2.24) is 47.8 Å². The van der Waals surface area contributed by atoms with Crippen LogP contribution in [0.2, 0.25) is 0 Å². The molecular weight excluding hydrogens is 1410 g/mol. The zero-order valence-corrected chi connectivity index (χ0v) is 61.0. The molecule has 0 atom stereocenters. The molecule has 13 heteroatoms. The topological polar surface area (TPSA) is 114 Å². The molecule has 0 fully saturated rings. The molecule has 0 saturated heterocycles. The molecule has 0 amide bonds. The number of aromatic nitrogens is 10. The quantitative estimate of drug-likeness (QED) is 0.0756. The molecule has 20 rings (SSSR count). The molecule has 107 heavy (non-hydrogen) atoms. The zero-order valence-electron chi connectivity index (χ0n) is 59.5. The zero-order chi connectivity index (χ0) is 71.4. The van der Waals surface area contributed by atoms with E-state index in [4.69, 9.17) is 39.4 Å². The molecule has 0 unspecified atom stereocenters. The fourth-order valence-corrected chi connectivity index (χ4v) is 15.1. The monoisotopic (exact) mass is 1470 g/mol. The van der Waals surface area contributed by atoms with Crippen LogP contribution in [0.1, 0.15) is 52.7 Å². The van der Waals surface area contributed by atoms with Crippen molar-refractivity contribution < 1.29 is 29.9 Å². The average Bonchev–Trinajstić information content (AvgIpc) is 1.61. The summed E-state index contributed by atoms with van der Waals surface area (Å²) in [5.74, 6) is 4.35. The van der Waals surface area contributed by atoms with Gasteiger partial charge in [0.05, 0.1) is 39.5 Å². The molecule has 0 radical (unpaired) electrons. The number of ether oxygens (including phenoxy) is 2. The Bertz CT molecular complexity index is 6440. The maximum absolute atomic E-state index is 6.74. The van der Waals surface area contributed by atoms with Crippen LogP contribution in [0.3, 0.4) is 0 Å². The molecule has 20 aromatic rings. The van der Waals surface area contributed by atoms with Crippen molar-refractivity contribution in [2.24, 2.45) is 0 Å². The van der Waals surface area contributed by atoms with Crippen LogP contribution < -0.4 is 9.47 Å². The van der Waals surface area contributed by atoms with Gasteiger partial charge in [0.25, 0.3) is 0 Å². The Kier molecular flexibility index (Phi) is 16.3. The second kappa shape index (κ2) is 26.3. The van der Waals surface area contributed by atoms with Crippen molar-refractivity contribution in [1.29, 1.82) is 0 Å². The standard InChI is InChI=1S/C47H35N5O.C47H33N5O.Pd/c2*1-47(2,3)32-24-26-48-42(27-32)51-40-19-11-10-17-36(40)37-23-21-34(29-41(37)51)53-33-20-22-35-38-18-12-25-49-45(38)52-44(31-15-8-5-9-16-31)43(30-13-6-4-7-14-30)50-46(52)39(35)28-33;/h4-29H,1-3H3;4-27H,1-3H3;/q;-2;+2. The number of pyridine rings is 6. The summed E-state index contributed by atoms with van der Waals surface area (Å²) in [7, 11) is 0. The molecular formula is C94H68N10O2Pd. The van der Waals surface area contributed by atoms with Gasteiger partial charge in [0.2, 0.25) is 0 Å². The fourth-order valence-electron chi connectivity index (χ4n) is 15.1. The van der Waals surface area contributed by atoms with Crippen LogP contribution in [0.4, 0.5) is 0 Å². The van der Waals surface area contributed by atoms with Crippen LogP contribution in [0.5, 0.6) is 23.0 Å². The first-order valence-electron chi connectivity index (χ1n) is 35.7. The molecule has 10 aromatic carbocycles. The normalized spacial score (nSPS) is 11.9. The van der Waals surface area contributed by atoms with Gasteiger partial charge >= 0.3 is 20.4 Å². The van der Waals surface area contributed by atoms with E-state index >= 15 is 0 Å². The van der Waals surface area contributed by atoms with E-state index in [2.05, 4.69) is 284 Å². The van der Waals surface area contributed by atoms with Gasteiger partial charge in [-0.2, -0.15) is 6.07 Å². The first-order chi connectivity index (χ1) is 51.8. The molecule has 0 spiro atoms. The maximum Gasteiger partial charge on any atom is 2.00 e. The SMILES string of the molecule is CC(C)(C)c1ccnc(-n2c3[c-]c(Oc4[c-]c5c(cc4)c4cccnc4n4c(-c6ccccc6)c(-c6ccccc6)nc54)ccc3c3ccccc32)c1.CC(C)(C)c1ccnc(-n2c3ccccc3c3ccc(Oc4ccc5c6cccnc6n6c(-c7ccccc7)c(-c7ccccc7)nc6c5c4)cc32)c1.[Pd+2]. The minimum absolute atomic E-state index is 0. The summed E-state index contributed by atoms with van der Waals surface area (Å²) in [6, 6.07) is 103. The van der Waals surface area contributed by atoms with Gasteiger partial charge in [0.1, 0.15) is 40.1 Å². The van der Waals surface area contributed by atoms with Gasteiger partial charge < -0.3 is 18.4 Å². The minimum Gasteiger partial charge on any atom is -0.503 e. The summed E-state index contributed by atoms with van der Waals surface area (Å²) in [5, 5.41) is 10.5. The number of fused-ring (bicyclic) bond motifs is 18. The molecule has 0 saturated carbocycles. The van der Waals surface area contributed by atoms with Crippen molar-refractivity contribution in [3.63, 3.8) is 0 Å². The van der Waals surface area contributed by atoms with Gasteiger partial charge in [-0.15, -0.1) is 29.7 Å². The molecule has 10 aromatic heterocycles. The first kappa shape index (κ1) is 66.1. The smallest absolute Gasteiger partial charge is 0.503 e. The third kappa shape index (κ3) is 11.5. The number of rotatable bonds is 10. The van der Waals surface area contributed by atoms with E-state index in [0.29, 0.717) is 11.5 Å². The second-order valence-corrected chi connectivity index (χ2v) is 28.9. The van der Waals surface area contributed by atoms with E-state index < -0.39 is 0 Å². The summed E-state index contributed by atoms with van der Waals surface area (Å²) in [6.45, 7) is 13.4. The molecule has 12 nitrogen and oxygen atoms in total. The third-order valence-corrected chi connectivity index (χ3v) is 20.2. The van der Waals surface area contributed by atoms with Gasteiger partial charge in [-0.05, 0) is 123 Å². The number of imidazole rings is 2. The fraction of sp³-hybridized carbons (Fsp3) is 0.0851. The van der Waals surface area contributed by atoms with Crippen LogP contribution in [-0.4, -0.2) is 47.8 Å². The van der Waals surface area contributed by atoms with Crippen LogP contribution in [-0.2, 0) is 31.3 Å². The van der Waals surface area contributed by atoms with E-state index in [1.54, 1.807) is 0 Å². The van der Waals surface area contributed by atoms with E-state index in [-0.39, 0.29) is 31.3 Å². The summed E-state index contributed by atoms with van der Waals surface area (Å²) < 4.78 is 22.2. The molecule has 0 aliphatic carbocycles. The Labute approximate surface area is 631 Å². The summed E-state index contributed by atoms with van der Waals surface area (Å²) in [5.41, 5.74) is 17.8. The summed E-state index contributed by atoms with van der Waals surface area (Å²) in [6.07, 6.45) is 7.50. The summed E-state index contributed by atoms with van der Waals surface area (Å²) in [4.78, 5) is 30.2. The van der Waals surface area contributed by atoms with Crippen molar-refractivity contribution in [2.45, 2.75) is 52.4 Å². The number of hydrogen-bond donors (Lipinski definition) is 0.